The van der Waals surface area contributed by atoms with Gasteiger partial charge in [-0.3, -0.25) is 14.5 Å². The number of hydrogen-bond acceptors (Lipinski definition) is 4. The van der Waals surface area contributed by atoms with Gasteiger partial charge in [-0.25, -0.2) is 13.1 Å². The largest absolute Gasteiger partial charge is 0.273 e. The van der Waals surface area contributed by atoms with E-state index < -0.39 is 21.8 Å². The van der Waals surface area contributed by atoms with E-state index in [4.69, 9.17) is 0 Å². The molecule has 0 aromatic heterocycles. The molecule has 2 aromatic rings. The predicted octanol–water partition coefficient (Wildman–Crippen LogP) is 2.01. The Morgan fingerprint density at radius 3 is 2.04 bits per heavy atom. The van der Waals surface area contributed by atoms with Gasteiger partial charge in [-0.15, -0.1) is 0 Å². The fourth-order valence-corrected chi connectivity index (χ4v) is 3.95. The molecule has 2 aromatic carbocycles. The average molecular weight is 372 g/mol. The highest BCUT2D eigenvalue weighted by Crippen LogP contribution is 2.22. The number of carbonyl (C=O) groups is 2. The zero-order valence-electron chi connectivity index (χ0n) is 14.4. The van der Waals surface area contributed by atoms with Crippen molar-refractivity contribution in [1.29, 1.82) is 0 Å². The molecule has 1 aliphatic rings. The number of carbonyl (C=O) groups excluding carboxylic acids is 2. The van der Waals surface area contributed by atoms with Gasteiger partial charge < -0.3 is 0 Å². The minimum atomic E-state index is -3.60. The first-order valence-electron chi connectivity index (χ1n) is 8.36. The summed E-state index contributed by atoms with van der Waals surface area (Å²) in [5, 5.41) is 0. The standard InChI is InChI=1S/C19H20N2O4S/c1-14(15-7-3-2-4-8-15)13-20-26(24,25)12-11-21-18(22)16-9-5-6-10-17(16)19(21)23/h2-10,14,20H,11-13H2,1H3/t14-/m0/s1. The van der Waals surface area contributed by atoms with E-state index in [2.05, 4.69) is 4.72 Å². The molecule has 3 rings (SSSR count). The molecule has 0 bridgehead atoms. The number of rotatable bonds is 7. The molecule has 6 nitrogen and oxygen atoms in total. The van der Waals surface area contributed by atoms with Crippen LogP contribution in [0.3, 0.4) is 0 Å². The lowest BCUT2D eigenvalue weighted by atomic mass is 10.0. The van der Waals surface area contributed by atoms with Crippen LogP contribution in [-0.4, -0.2) is 44.0 Å². The SMILES string of the molecule is C[C@@H](CNS(=O)(=O)CCN1C(=O)c2ccccc2C1=O)c1ccccc1. The molecule has 0 saturated carbocycles. The Kier molecular flexibility index (Phi) is 5.20. The first-order valence-corrected chi connectivity index (χ1v) is 10.0. The fraction of sp³-hybridized carbons (Fsp3) is 0.263. The van der Waals surface area contributed by atoms with Crippen molar-refractivity contribution in [2.75, 3.05) is 18.8 Å². The number of nitrogens with zero attached hydrogens (tertiary/aromatic N) is 1. The van der Waals surface area contributed by atoms with Gasteiger partial charge in [0.1, 0.15) is 0 Å². The zero-order valence-corrected chi connectivity index (χ0v) is 15.2. The van der Waals surface area contributed by atoms with Crippen molar-refractivity contribution in [1.82, 2.24) is 9.62 Å². The van der Waals surface area contributed by atoms with Crippen molar-refractivity contribution in [2.24, 2.45) is 0 Å². The molecule has 26 heavy (non-hydrogen) atoms. The van der Waals surface area contributed by atoms with Crippen molar-refractivity contribution in [2.45, 2.75) is 12.8 Å². The molecule has 136 valence electrons. The van der Waals surface area contributed by atoms with Gasteiger partial charge in [0, 0.05) is 13.1 Å². The van der Waals surface area contributed by atoms with Crippen LogP contribution in [0.1, 0.15) is 39.1 Å². The molecular formula is C19H20N2O4S. The van der Waals surface area contributed by atoms with E-state index in [1.165, 1.54) is 0 Å². The second-order valence-corrected chi connectivity index (χ2v) is 8.21. The zero-order chi connectivity index (χ0) is 18.7. The second kappa shape index (κ2) is 7.39. The quantitative estimate of drug-likeness (QED) is 0.754. The number of nitrogens with one attached hydrogen (secondary N) is 1. The summed E-state index contributed by atoms with van der Waals surface area (Å²) in [7, 11) is -3.60. The summed E-state index contributed by atoms with van der Waals surface area (Å²) in [5.41, 5.74) is 1.68. The van der Waals surface area contributed by atoms with Crippen LogP contribution in [0.5, 0.6) is 0 Å². The number of sulfonamides is 1. The summed E-state index contributed by atoms with van der Waals surface area (Å²) < 4.78 is 27.1. The maximum absolute atomic E-state index is 12.3. The van der Waals surface area contributed by atoms with E-state index in [1.807, 2.05) is 37.3 Å². The number of fused-ring (bicyclic) bond motifs is 1. The summed E-state index contributed by atoms with van der Waals surface area (Å²) in [6.45, 7) is 2.03. The Hall–Kier alpha value is -2.51. The van der Waals surface area contributed by atoms with Gasteiger partial charge in [-0.1, -0.05) is 49.4 Å². The molecule has 1 atom stereocenters. The molecule has 0 aliphatic carbocycles. The minimum Gasteiger partial charge on any atom is -0.273 e. The Bertz CT molecular complexity index is 891. The van der Waals surface area contributed by atoms with E-state index in [-0.39, 0.29) is 24.8 Å². The molecule has 0 fully saturated rings. The van der Waals surface area contributed by atoms with Gasteiger partial charge in [-0.2, -0.15) is 0 Å². The third kappa shape index (κ3) is 3.84. The number of hydrogen-bond donors (Lipinski definition) is 1. The maximum Gasteiger partial charge on any atom is 0.261 e. The van der Waals surface area contributed by atoms with Gasteiger partial charge in [0.15, 0.2) is 0 Å². The van der Waals surface area contributed by atoms with Crippen molar-refractivity contribution in [3.63, 3.8) is 0 Å². The highest BCUT2D eigenvalue weighted by atomic mass is 32.2. The lowest BCUT2D eigenvalue weighted by Gasteiger charge is -2.16. The normalized spacial score (nSPS) is 15.2. The topological polar surface area (TPSA) is 83.6 Å². The Labute approximate surface area is 152 Å². The molecule has 0 saturated heterocycles. The lowest BCUT2D eigenvalue weighted by Crippen LogP contribution is -2.38. The molecule has 1 heterocycles. The van der Waals surface area contributed by atoms with Gasteiger partial charge >= 0.3 is 0 Å². The van der Waals surface area contributed by atoms with Crippen LogP contribution in [0.4, 0.5) is 0 Å². The van der Waals surface area contributed by atoms with Crippen molar-refractivity contribution < 1.29 is 18.0 Å². The number of benzene rings is 2. The summed E-state index contributed by atoms with van der Waals surface area (Å²) in [6.07, 6.45) is 0. The minimum absolute atomic E-state index is 0.0188. The summed E-state index contributed by atoms with van der Waals surface area (Å²) in [4.78, 5) is 25.5. The monoisotopic (exact) mass is 372 g/mol. The first-order chi connectivity index (χ1) is 12.4. The van der Waals surface area contributed by atoms with Crippen molar-refractivity contribution >= 4 is 21.8 Å². The van der Waals surface area contributed by atoms with E-state index in [9.17, 15) is 18.0 Å². The van der Waals surface area contributed by atoms with Crippen molar-refractivity contribution in [3.05, 3.63) is 71.3 Å². The third-order valence-electron chi connectivity index (χ3n) is 4.44. The van der Waals surface area contributed by atoms with E-state index in [0.717, 1.165) is 10.5 Å². The van der Waals surface area contributed by atoms with Crippen molar-refractivity contribution in [3.8, 4) is 0 Å². The molecule has 0 radical (unpaired) electrons. The molecule has 2 amide bonds. The van der Waals surface area contributed by atoms with Crippen LogP contribution in [0.2, 0.25) is 0 Å². The highest BCUT2D eigenvalue weighted by Gasteiger charge is 2.35. The van der Waals surface area contributed by atoms with Gasteiger partial charge in [0.25, 0.3) is 11.8 Å². The second-order valence-electron chi connectivity index (χ2n) is 6.29. The molecule has 7 heteroatoms. The summed E-state index contributed by atoms with van der Waals surface area (Å²) in [5.74, 6) is -1.19. The molecule has 0 spiro atoms. The third-order valence-corrected chi connectivity index (χ3v) is 5.77. The highest BCUT2D eigenvalue weighted by molar-refractivity contribution is 7.89. The first kappa shape index (κ1) is 18.3. The number of amides is 2. The van der Waals surface area contributed by atoms with E-state index in [0.29, 0.717) is 11.1 Å². The lowest BCUT2D eigenvalue weighted by molar-refractivity contribution is 0.0664. The van der Waals surface area contributed by atoms with E-state index >= 15 is 0 Å². The maximum atomic E-state index is 12.3. The van der Waals surface area contributed by atoms with E-state index in [1.54, 1.807) is 24.3 Å². The van der Waals surface area contributed by atoms with Crippen LogP contribution >= 0.6 is 0 Å². The van der Waals surface area contributed by atoms with Crippen LogP contribution in [0.25, 0.3) is 0 Å². The van der Waals surface area contributed by atoms with Gasteiger partial charge in [-0.05, 0) is 23.6 Å². The van der Waals surface area contributed by atoms with Crippen LogP contribution < -0.4 is 4.72 Å². The summed E-state index contributed by atoms with van der Waals surface area (Å²) in [6, 6.07) is 16.1. The number of imide groups is 1. The van der Waals surface area contributed by atoms with Gasteiger partial charge in [0.2, 0.25) is 10.0 Å². The van der Waals surface area contributed by atoms with Gasteiger partial charge in [0.05, 0.1) is 16.9 Å². The average Bonchev–Trinajstić information content (AvgIpc) is 2.90. The molecular weight excluding hydrogens is 352 g/mol. The fourth-order valence-electron chi connectivity index (χ4n) is 2.88. The molecule has 1 aliphatic heterocycles. The smallest absolute Gasteiger partial charge is 0.261 e. The summed E-state index contributed by atoms with van der Waals surface area (Å²) >= 11 is 0. The Morgan fingerprint density at radius 2 is 1.46 bits per heavy atom. The van der Waals surface area contributed by atoms with Crippen LogP contribution in [0.15, 0.2) is 54.6 Å². The Balaban J connectivity index is 1.58. The molecule has 0 unspecified atom stereocenters. The van der Waals surface area contributed by atoms with Crippen LogP contribution in [0, 0.1) is 0 Å². The Morgan fingerprint density at radius 1 is 0.923 bits per heavy atom. The predicted molar refractivity (Wildman–Crippen MR) is 98.5 cm³/mol. The van der Waals surface area contributed by atoms with Crippen LogP contribution in [-0.2, 0) is 10.0 Å². The molecule has 1 N–H and O–H groups in total.